The first-order valence-electron chi connectivity index (χ1n) is 5.87. The third-order valence-electron chi connectivity index (χ3n) is 2.78. The van der Waals surface area contributed by atoms with E-state index in [1.807, 2.05) is 25.1 Å². The van der Waals surface area contributed by atoms with Crippen molar-refractivity contribution in [3.05, 3.63) is 48.0 Å². The van der Waals surface area contributed by atoms with Crippen LogP contribution >= 0.6 is 0 Å². The molecule has 0 amide bonds. The van der Waals surface area contributed by atoms with E-state index in [-0.39, 0.29) is 13.0 Å². The molecule has 0 bridgehead atoms. The van der Waals surface area contributed by atoms with Crippen LogP contribution in [0.4, 0.5) is 0 Å². The minimum Gasteiger partial charge on any atom is -0.465 e. The lowest BCUT2D eigenvalue weighted by Gasteiger charge is -2.23. The largest absolute Gasteiger partial charge is 0.465 e. The molecule has 94 valence electrons. The van der Waals surface area contributed by atoms with Gasteiger partial charge in [-0.15, -0.1) is 6.58 Å². The molecule has 18 heavy (non-hydrogen) atoms. The zero-order valence-electron chi connectivity index (χ0n) is 10.8. The summed E-state index contributed by atoms with van der Waals surface area (Å²) < 4.78 is 5.04. The maximum absolute atomic E-state index is 12.1. The number of benzene rings is 1. The fraction of sp³-hybridized carbons (Fsp3) is 0.333. The molecule has 0 aliphatic rings. The third-order valence-corrected chi connectivity index (χ3v) is 2.78. The first-order chi connectivity index (χ1) is 8.60. The van der Waals surface area contributed by atoms with E-state index in [2.05, 4.69) is 12.6 Å². The highest BCUT2D eigenvalue weighted by Gasteiger charge is 2.41. The first-order valence-corrected chi connectivity index (χ1v) is 5.87. The average Bonchev–Trinajstić information content (AvgIpc) is 2.36. The van der Waals surface area contributed by atoms with Gasteiger partial charge in [-0.05, 0) is 25.8 Å². The molecule has 0 aliphatic carbocycles. The van der Waals surface area contributed by atoms with Crippen molar-refractivity contribution in [1.82, 2.24) is 0 Å². The van der Waals surface area contributed by atoms with Crippen molar-refractivity contribution in [3.8, 4) is 6.07 Å². The molecule has 3 nitrogen and oxygen atoms in total. The molecule has 0 heterocycles. The minimum atomic E-state index is -1.29. The number of allylic oxidation sites excluding steroid dienone is 1. The molecule has 1 aromatic rings. The summed E-state index contributed by atoms with van der Waals surface area (Å²) in [5.74, 6) is -0.516. The van der Waals surface area contributed by atoms with Gasteiger partial charge < -0.3 is 4.74 Å². The Kier molecular flexibility index (Phi) is 4.67. The predicted molar refractivity (Wildman–Crippen MR) is 69.9 cm³/mol. The van der Waals surface area contributed by atoms with Gasteiger partial charge in [0.25, 0.3) is 0 Å². The lowest BCUT2D eigenvalue weighted by atomic mass is 9.78. The van der Waals surface area contributed by atoms with E-state index in [1.165, 1.54) is 0 Å². The summed E-state index contributed by atoms with van der Waals surface area (Å²) in [6.45, 7) is 7.53. The number of aryl methyl sites for hydroxylation is 1. The molecule has 0 saturated carbocycles. The molecule has 0 spiro atoms. The number of ether oxygens (including phenoxy) is 1. The van der Waals surface area contributed by atoms with E-state index in [9.17, 15) is 10.1 Å². The second kappa shape index (κ2) is 6.02. The summed E-state index contributed by atoms with van der Waals surface area (Å²) in [7, 11) is 0. The van der Waals surface area contributed by atoms with Crippen molar-refractivity contribution in [2.75, 3.05) is 6.61 Å². The predicted octanol–water partition coefficient (Wildman–Crippen LogP) is 2.90. The quantitative estimate of drug-likeness (QED) is 0.590. The number of hydrogen-bond acceptors (Lipinski definition) is 3. The van der Waals surface area contributed by atoms with Gasteiger partial charge in [-0.1, -0.05) is 35.9 Å². The Morgan fingerprint density at radius 3 is 2.83 bits per heavy atom. The monoisotopic (exact) mass is 243 g/mol. The number of carbonyl (C=O) groups excluding carboxylic acids is 1. The van der Waals surface area contributed by atoms with Crippen molar-refractivity contribution < 1.29 is 9.53 Å². The van der Waals surface area contributed by atoms with Crippen LogP contribution in [0.3, 0.4) is 0 Å². The van der Waals surface area contributed by atoms with Crippen molar-refractivity contribution in [1.29, 1.82) is 5.26 Å². The zero-order chi connectivity index (χ0) is 13.6. The van der Waals surface area contributed by atoms with Gasteiger partial charge in [0.15, 0.2) is 5.41 Å². The number of esters is 1. The number of nitrogens with zero attached hydrogens (tertiary/aromatic N) is 1. The van der Waals surface area contributed by atoms with Gasteiger partial charge in [0.2, 0.25) is 0 Å². The van der Waals surface area contributed by atoms with Crippen molar-refractivity contribution in [2.24, 2.45) is 0 Å². The molecule has 0 aromatic heterocycles. The van der Waals surface area contributed by atoms with Crippen molar-refractivity contribution in [3.63, 3.8) is 0 Å². The van der Waals surface area contributed by atoms with Crippen LogP contribution in [0.15, 0.2) is 36.9 Å². The number of nitriles is 1. The normalized spacial score (nSPS) is 13.2. The standard InChI is InChI=1S/C15H17NO2/c1-4-9-15(11-16,14(17)18-5-2)13-8-6-7-12(3)10-13/h4,6-8,10H,1,5,9H2,2-3H3. The Hall–Kier alpha value is -2.08. The van der Waals surface area contributed by atoms with Gasteiger partial charge in [-0.3, -0.25) is 0 Å². The molecule has 3 heteroatoms. The summed E-state index contributed by atoms with van der Waals surface area (Å²) in [6, 6.07) is 9.46. The van der Waals surface area contributed by atoms with Crippen molar-refractivity contribution >= 4 is 5.97 Å². The summed E-state index contributed by atoms with van der Waals surface area (Å²) >= 11 is 0. The number of hydrogen-bond donors (Lipinski definition) is 0. The second-order valence-electron chi connectivity index (χ2n) is 4.10. The Morgan fingerprint density at radius 2 is 2.33 bits per heavy atom. The van der Waals surface area contributed by atoms with Crippen LogP contribution in [0.2, 0.25) is 0 Å². The molecule has 0 aliphatic heterocycles. The van der Waals surface area contributed by atoms with Gasteiger partial charge in [0.05, 0.1) is 12.7 Å². The van der Waals surface area contributed by atoms with Crippen LogP contribution in [0.1, 0.15) is 24.5 Å². The van der Waals surface area contributed by atoms with Gasteiger partial charge in [0, 0.05) is 0 Å². The molecule has 1 unspecified atom stereocenters. The molecule has 0 radical (unpaired) electrons. The Morgan fingerprint density at radius 1 is 1.61 bits per heavy atom. The van der Waals surface area contributed by atoms with Gasteiger partial charge in [-0.25, -0.2) is 4.79 Å². The lowest BCUT2D eigenvalue weighted by molar-refractivity contribution is -0.147. The SMILES string of the molecule is C=CCC(C#N)(C(=O)OCC)c1cccc(C)c1. The summed E-state index contributed by atoms with van der Waals surface area (Å²) in [5, 5.41) is 9.45. The van der Waals surface area contributed by atoms with E-state index in [1.54, 1.807) is 19.1 Å². The summed E-state index contributed by atoms with van der Waals surface area (Å²) in [5.41, 5.74) is 0.368. The van der Waals surface area contributed by atoms with E-state index in [4.69, 9.17) is 4.74 Å². The molecular formula is C15H17NO2. The van der Waals surface area contributed by atoms with E-state index in [0.29, 0.717) is 5.56 Å². The Balaban J connectivity index is 3.32. The van der Waals surface area contributed by atoms with Gasteiger partial charge in [-0.2, -0.15) is 5.26 Å². The number of rotatable bonds is 5. The first kappa shape index (κ1) is 14.0. The smallest absolute Gasteiger partial charge is 0.331 e. The van der Waals surface area contributed by atoms with Crippen LogP contribution in [0, 0.1) is 18.3 Å². The molecule has 1 atom stereocenters. The van der Waals surface area contributed by atoms with Crippen LogP contribution in [-0.4, -0.2) is 12.6 Å². The lowest BCUT2D eigenvalue weighted by Crippen LogP contribution is -2.35. The molecule has 1 rings (SSSR count). The molecular weight excluding hydrogens is 226 g/mol. The minimum absolute atomic E-state index is 0.242. The maximum Gasteiger partial charge on any atom is 0.331 e. The van der Waals surface area contributed by atoms with Gasteiger partial charge in [0.1, 0.15) is 0 Å². The van der Waals surface area contributed by atoms with E-state index >= 15 is 0 Å². The van der Waals surface area contributed by atoms with Crippen molar-refractivity contribution in [2.45, 2.75) is 25.7 Å². The zero-order valence-corrected chi connectivity index (χ0v) is 10.8. The number of carbonyl (C=O) groups is 1. The molecule has 1 aromatic carbocycles. The highest BCUT2D eigenvalue weighted by atomic mass is 16.5. The van der Waals surface area contributed by atoms with E-state index < -0.39 is 11.4 Å². The maximum atomic E-state index is 12.1. The molecule has 0 N–H and O–H groups in total. The summed E-state index contributed by atoms with van der Waals surface area (Å²) in [6.07, 6.45) is 1.81. The van der Waals surface area contributed by atoms with Crippen LogP contribution < -0.4 is 0 Å². The van der Waals surface area contributed by atoms with Crippen LogP contribution in [-0.2, 0) is 14.9 Å². The van der Waals surface area contributed by atoms with E-state index in [0.717, 1.165) is 5.56 Å². The van der Waals surface area contributed by atoms with Crippen LogP contribution in [0.25, 0.3) is 0 Å². The fourth-order valence-electron chi connectivity index (χ4n) is 1.86. The van der Waals surface area contributed by atoms with Gasteiger partial charge >= 0.3 is 5.97 Å². The average molecular weight is 243 g/mol. The summed E-state index contributed by atoms with van der Waals surface area (Å²) in [4.78, 5) is 12.1. The third kappa shape index (κ3) is 2.60. The highest BCUT2D eigenvalue weighted by molar-refractivity contribution is 5.87. The Labute approximate surface area is 108 Å². The fourth-order valence-corrected chi connectivity index (χ4v) is 1.86. The Bertz CT molecular complexity index is 488. The topological polar surface area (TPSA) is 50.1 Å². The molecule has 0 saturated heterocycles. The second-order valence-corrected chi connectivity index (χ2v) is 4.10. The molecule has 0 fully saturated rings. The highest BCUT2D eigenvalue weighted by Crippen LogP contribution is 2.30. The van der Waals surface area contributed by atoms with Crippen LogP contribution in [0.5, 0.6) is 0 Å².